The lowest BCUT2D eigenvalue weighted by Crippen LogP contribution is -2.51. The fourth-order valence-electron chi connectivity index (χ4n) is 4.03. The monoisotopic (exact) mass is 344 g/mol. The molecule has 4 rings (SSSR count). The molecule has 0 spiro atoms. The number of imide groups is 1. The first-order chi connectivity index (χ1) is 12.2. The molecule has 3 aliphatic heterocycles. The maximum Gasteiger partial charge on any atom is 0.328 e. The first-order valence-electron chi connectivity index (χ1n) is 8.91. The topological polar surface area (TPSA) is 56.3 Å². The van der Waals surface area contributed by atoms with Crippen LogP contribution in [0.1, 0.15) is 12.8 Å². The van der Waals surface area contributed by atoms with Gasteiger partial charge in [0, 0.05) is 32.7 Å². The Morgan fingerprint density at radius 3 is 2.56 bits per heavy atom. The van der Waals surface area contributed by atoms with E-state index < -0.39 is 0 Å². The summed E-state index contributed by atoms with van der Waals surface area (Å²) in [7, 11) is 1.69. The van der Waals surface area contributed by atoms with Gasteiger partial charge < -0.3 is 14.5 Å². The molecule has 7 heteroatoms. The fourth-order valence-corrected chi connectivity index (χ4v) is 4.03. The number of anilines is 1. The van der Waals surface area contributed by atoms with Gasteiger partial charge in [-0.15, -0.1) is 0 Å². The molecule has 0 bridgehead atoms. The number of benzene rings is 1. The molecule has 1 unspecified atom stereocenters. The number of para-hydroxylation sites is 2. The Kier molecular flexibility index (Phi) is 4.25. The van der Waals surface area contributed by atoms with Crippen molar-refractivity contribution >= 4 is 17.6 Å². The van der Waals surface area contributed by atoms with E-state index in [1.165, 1.54) is 4.90 Å². The van der Waals surface area contributed by atoms with E-state index in [4.69, 9.17) is 4.74 Å². The predicted octanol–water partition coefficient (Wildman–Crippen LogP) is 1.20. The highest BCUT2D eigenvalue weighted by atomic mass is 16.5. The van der Waals surface area contributed by atoms with Crippen LogP contribution in [0.3, 0.4) is 0 Å². The second kappa shape index (κ2) is 6.55. The number of urea groups is 1. The molecule has 0 aromatic heterocycles. The smallest absolute Gasteiger partial charge is 0.328 e. The summed E-state index contributed by atoms with van der Waals surface area (Å²) in [6, 6.07) is 7.70. The zero-order valence-electron chi connectivity index (χ0n) is 14.6. The van der Waals surface area contributed by atoms with Crippen LogP contribution in [0.25, 0.3) is 0 Å². The van der Waals surface area contributed by atoms with Crippen LogP contribution >= 0.6 is 0 Å². The number of ether oxygens (including phenoxy) is 1. The van der Waals surface area contributed by atoms with Crippen molar-refractivity contribution in [3.63, 3.8) is 0 Å². The molecular formula is C18H24N4O3. The fraction of sp³-hybridized carbons (Fsp3) is 0.556. The number of amides is 3. The van der Waals surface area contributed by atoms with Crippen molar-refractivity contribution in [2.45, 2.75) is 18.9 Å². The predicted molar refractivity (Wildman–Crippen MR) is 93.6 cm³/mol. The molecule has 3 aliphatic rings. The first kappa shape index (κ1) is 16.2. The van der Waals surface area contributed by atoms with E-state index in [9.17, 15) is 9.59 Å². The van der Waals surface area contributed by atoms with Crippen LogP contribution in [0.15, 0.2) is 24.3 Å². The van der Waals surface area contributed by atoms with E-state index in [1.807, 2.05) is 18.2 Å². The molecular weight excluding hydrogens is 320 g/mol. The molecule has 3 heterocycles. The zero-order chi connectivity index (χ0) is 17.4. The SMILES string of the molecule is COc1ccccc1N1CCN(CN2C(=O)C3CCCN3C2=O)CC1. The van der Waals surface area contributed by atoms with Gasteiger partial charge in [-0.2, -0.15) is 0 Å². The molecule has 1 aromatic carbocycles. The van der Waals surface area contributed by atoms with Gasteiger partial charge >= 0.3 is 6.03 Å². The highest BCUT2D eigenvalue weighted by Crippen LogP contribution is 2.30. The molecule has 134 valence electrons. The second-order valence-corrected chi connectivity index (χ2v) is 6.82. The van der Waals surface area contributed by atoms with E-state index in [0.717, 1.165) is 50.5 Å². The van der Waals surface area contributed by atoms with Gasteiger partial charge in [0.1, 0.15) is 11.8 Å². The number of carbonyl (C=O) groups is 2. The number of carbonyl (C=O) groups excluding carboxylic acids is 2. The maximum absolute atomic E-state index is 12.5. The summed E-state index contributed by atoms with van der Waals surface area (Å²) in [6.07, 6.45) is 1.75. The number of methoxy groups -OCH3 is 1. The Balaban J connectivity index is 1.37. The summed E-state index contributed by atoms with van der Waals surface area (Å²) in [5.41, 5.74) is 1.10. The van der Waals surface area contributed by atoms with Crippen molar-refractivity contribution in [3.05, 3.63) is 24.3 Å². The van der Waals surface area contributed by atoms with E-state index in [1.54, 1.807) is 12.0 Å². The molecule has 1 atom stereocenters. The standard InChI is InChI=1S/C18H24N4O3/c1-25-16-7-3-2-5-14(16)20-11-9-19(10-12-20)13-22-17(23)15-6-4-8-21(15)18(22)24/h2-3,5,7,15H,4,6,8-13H2,1H3. The number of hydrogen-bond donors (Lipinski definition) is 0. The lowest BCUT2D eigenvalue weighted by atomic mass is 10.2. The van der Waals surface area contributed by atoms with Crippen LogP contribution < -0.4 is 9.64 Å². The first-order valence-corrected chi connectivity index (χ1v) is 8.91. The summed E-state index contributed by atoms with van der Waals surface area (Å²) >= 11 is 0. The number of hydrogen-bond acceptors (Lipinski definition) is 5. The summed E-state index contributed by atoms with van der Waals surface area (Å²) < 4.78 is 5.45. The van der Waals surface area contributed by atoms with E-state index in [0.29, 0.717) is 13.2 Å². The molecule has 1 aromatic rings. The van der Waals surface area contributed by atoms with Crippen molar-refractivity contribution in [2.75, 3.05) is 51.4 Å². The molecule has 0 saturated carbocycles. The lowest BCUT2D eigenvalue weighted by Gasteiger charge is -2.37. The van der Waals surface area contributed by atoms with Crippen molar-refractivity contribution in [3.8, 4) is 5.75 Å². The maximum atomic E-state index is 12.5. The average molecular weight is 344 g/mol. The van der Waals surface area contributed by atoms with Crippen LogP contribution in [-0.2, 0) is 4.79 Å². The van der Waals surface area contributed by atoms with Crippen molar-refractivity contribution in [1.82, 2.24) is 14.7 Å². The van der Waals surface area contributed by atoms with Gasteiger partial charge in [-0.1, -0.05) is 12.1 Å². The molecule has 3 fully saturated rings. The molecule has 0 radical (unpaired) electrons. The number of rotatable bonds is 4. The Labute approximate surface area is 147 Å². The minimum absolute atomic E-state index is 0.0188. The Morgan fingerprint density at radius 1 is 1.08 bits per heavy atom. The molecule has 7 nitrogen and oxygen atoms in total. The van der Waals surface area contributed by atoms with Crippen molar-refractivity contribution in [2.24, 2.45) is 0 Å². The third kappa shape index (κ3) is 2.82. The third-order valence-electron chi connectivity index (χ3n) is 5.42. The Morgan fingerprint density at radius 2 is 1.84 bits per heavy atom. The number of nitrogens with zero attached hydrogens (tertiary/aromatic N) is 4. The normalized spacial score (nSPS) is 24.2. The van der Waals surface area contributed by atoms with Gasteiger partial charge in [-0.3, -0.25) is 9.69 Å². The summed E-state index contributed by atoms with van der Waals surface area (Å²) in [4.78, 5) is 32.5. The number of piperazine rings is 1. The number of fused-ring (bicyclic) bond motifs is 1. The van der Waals surface area contributed by atoms with Crippen LogP contribution in [0, 0.1) is 0 Å². The Bertz CT molecular complexity index is 650. The molecule has 25 heavy (non-hydrogen) atoms. The van der Waals surface area contributed by atoms with Crippen LogP contribution in [-0.4, -0.2) is 79.2 Å². The molecule has 3 amide bonds. The third-order valence-corrected chi connectivity index (χ3v) is 5.42. The highest BCUT2D eigenvalue weighted by molar-refractivity contribution is 6.04. The van der Waals surface area contributed by atoms with Crippen LogP contribution in [0.4, 0.5) is 10.5 Å². The summed E-state index contributed by atoms with van der Waals surface area (Å²) in [5, 5.41) is 0. The van der Waals surface area contributed by atoms with Gasteiger partial charge in [0.15, 0.2) is 0 Å². The van der Waals surface area contributed by atoms with Gasteiger partial charge in [0.05, 0.1) is 19.5 Å². The minimum atomic E-state index is -0.206. The van der Waals surface area contributed by atoms with E-state index >= 15 is 0 Å². The van der Waals surface area contributed by atoms with Crippen molar-refractivity contribution < 1.29 is 14.3 Å². The second-order valence-electron chi connectivity index (χ2n) is 6.82. The average Bonchev–Trinajstić information content (AvgIpc) is 3.22. The quantitative estimate of drug-likeness (QED) is 0.769. The Hall–Kier alpha value is -2.28. The van der Waals surface area contributed by atoms with Crippen LogP contribution in [0.5, 0.6) is 5.75 Å². The lowest BCUT2D eigenvalue weighted by molar-refractivity contribution is -0.129. The summed E-state index contributed by atoms with van der Waals surface area (Å²) in [5.74, 6) is 0.858. The van der Waals surface area contributed by atoms with Gasteiger partial charge in [-0.05, 0) is 25.0 Å². The zero-order valence-corrected chi connectivity index (χ0v) is 14.6. The van der Waals surface area contributed by atoms with Gasteiger partial charge in [-0.25, -0.2) is 9.69 Å². The van der Waals surface area contributed by atoms with Crippen LogP contribution in [0.2, 0.25) is 0 Å². The minimum Gasteiger partial charge on any atom is -0.495 e. The summed E-state index contributed by atoms with van der Waals surface area (Å²) in [6.45, 7) is 4.46. The molecule has 3 saturated heterocycles. The van der Waals surface area contributed by atoms with Crippen molar-refractivity contribution in [1.29, 1.82) is 0 Å². The largest absolute Gasteiger partial charge is 0.495 e. The van der Waals surface area contributed by atoms with E-state index in [-0.39, 0.29) is 18.0 Å². The highest BCUT2D eigenvalue weighted by Gasteiger charge is 2.47. The molecule has 0 aliphatic carbocycles. The van der Waals surface area contributed by atoms with E-state index in [2.05, 4.69) is 15.9 Å². The van der Waals surface area contributed by atoms with Gasteiger partial charge in [0.2, 0.25) is 0 Å². The molecule has 0 N–H and O–H groups in total. The van der Waals surface area contributed by atoms with Gasteiger partial charge in [0.25, 0.3) is 5.91 Å².